The van der Waals surface area contributed by atoms with Crippen molar-refractivity contribution < 1.29 is 14.0 Å². The molecule has 23 heavy (non-hydrogen) atoms. The first-order valence-corrected chi connectivity index (χ1v) is 8.95. The zero-order chi connectivity index (χ0) is 16.0. The number of halogens is 1. The maximum absolute atomic E-state index is 14.3. The van der Waals surface area contributed by atoms with Gasteiger partial charge >= 0.3 is 0 Å². The van der Waals surface area contributed by atoms with E-state index in [-0.39, 0.29) is 27.9 Å². The Labute approximate surface area is 138 Å². The van der Waals surface area contributed by atoms with E-state index >= 15 is 0 Å². The number of benzene rings is 1. The number of fused-ring (bicyclic) bond motifs is 1. The molecule has 2 atom stereocenters. The second-order valence-corrected chi connectivity index (χ2v) is 7.71. The highest BCUT2D eigenvalue weighted by Gasteiger charge is 2.42. The zero-order valence-corrected chi connectivity index (χ0v) is 13.5. The standard InChI is InChI=1S/C18H18FNO2S/c19-14-4-2-1-3-13(14)17(18(22)11-5-6-11)20-8-7-15-12(10-20)9-16(21)23-15/h1-4,9,11,15,17H,5-8,10H2/t15-,17+/m1/s1. The summed E-state index contributed by atoms with van der Waals surface area (Å²) in [6.07, 6.45) is 4.36. The molecule has 0 amide bonds. The van der Waals surface area contributed by atoms with Crippen molar-refractivity contribution in [3.8, 4) is 0 Å². The van der Waals surface area contributed by atoms with Crippen LogP contribution in [0.1, 0.15) is 30.9 Å². The van der Waals surface area contributed by atoms with Gasteiger partial charge in [-0.3, -0.25) is 14.5 Å². The molecule has 1 saturated heterocycles. The molecule has 4 rings (SSSR count). The van der Waals surface area contributed by atoms with Crippen molar-refractivity contribution in [1.29, 1.82) is 0 Å². The van der Waals surface area contributed by atoms with Crippen LogP contribution in [0.2, 0.25) is 0 Å². The first-order valence-electron chi connectivity index (χ1n) is 8.07. The van der Waals surface area contributed by atoms with Crippen molar-refractivity contribution in [2.24, 2.45) is 5.92 Å². The highest BCUT2D eigenvalue weighted by molar-refractivity contribution is 8.15. The minimum absolute atomic E-state index is 0.0749. The van der Waals surface area contributed by atoms with Gasteiger partial charge in [0.2, 0.25) is 5.12 Å². The number of carbonyl (C=O) groups is 2. The van der Waals surface area contributed by atoms with Crippen molar-refractivity contribution in [2.75, 3.05) is 13.1 Å². The Hall–Kier alpha value is -1.46. The number of likely N-dealkylation sites (tertiary alicyclic amines) is 1. The Morgan fingerprint density at radius 1 is 1.26 bits per heavy atom. The van der Waals surface area contributed by atoms with Crippen molar-refractivity contribution in [1.82, 2.24) is 4.90 Å². The van der Waals surface area contributed by atoms with E-state index in [4.69, 9.17) is 0 Å². The van der Waals surface area contributed by atoms with Gasteiger partial charge in [-0.25, -0.2) is 4.39 Å². The first-order chi connectivity index (χ1) is 11.1. The number of carbonyl (C=O) groups excluding carboxylic acids is 2. The number of hydrogen-bond donors (Lipinski definition) is 0. The quantitative estimate of drug-likeness (QED) is 0.849. The molecule has 0 spiro atoms. The lowest BCUT2D eigenvalue weighted by molar-refractivity contribution is -0.126. The van der Waals surface area contributed by atoms with Crippen molar-refractivity contribution in [3.63, 3.8) is 0 Å². The van der Waals surface area contributed by atoms with Gasteiger partial charge in [-0.15, -0.1) is 0 Å². The van der Waals surface area contributed by atoms with Crippen LogP contribution in [0.3, 0.4) is 0 Å². The number of hydrogen-bond acceptors (Lipinski definition) is 4. The Kier molecular flexibility index (Phi) is 3.85. The van der Waals surface area contributed by atoms with Crippen LogP contribution >= 0.6 is 11.8 Å². The maximum Gasteiger partial charge on any atom is 0.212 e. The average molecular weight is 331 g/mol. The van der Waals surface area contributed by atoms with E-state index in [9.17, 15) is 14.0 Å². The second kappa shape index (κ2) is 5.87. The molecule has 2 aliphatic heterocycles. The normalized spacial score (nSPS) is 25.9. The number of nitrogens with zero attached hydrogens (tertiary/aromatic N) is 1. The van der Waals surface area contributed by atoms with Gasteiger partial charge < -0.3 is 0 Å². The molecular formula is C18H18FNO2S. The van der Waals surface area contributed by atoms with E-state index in [0.717, 1.165) is 31.4 Å². The van der Waals surface area contributed by atoms with Crippen LogP contribution in [0.15, 0.2) is 35.9 Å². The Morgan fingerprint density at radius 2 is 2.04 bits per heavy atom. The smallest absolute Gasteiger partial charge is 0.212 e. The lowest BCUT2D eigenvalue weighted by atomic mass is 9.94. The molecular weight excluding hydrogens is 313 g/mol. The fourth-order valence-electron chi connectivity index (χ4n) is 3.52. The van der Waals surface area contributed by atoms with Gasteiger partial charge in [0.05, 0.1) is 6.04 Å². The fraction of sp³-hybridized carbons (Fsp3) is 0.444. The van der Waals surface area contributed by atoms with Crippen molar-refractivity contribution in [2.45, 2.75) is 30.6 Å². The summed E-state index contributed by atoms with van der Waals surface area (Å²) in [4.78, 5) is 26.5. The molecule has 0 unspecified atom stereocenters. The summed E-state index contributed by atoms with van der Waals surface area (Å²) in [6, 6.07) is 6.05. The van der Waals surface area contributed by atoms with E-state index in [1.165, 1.54) is 17.8 Å². The maximum atomic E-state index is 14.3. The number of Topliss-reactive ketones (excluding diaryl/α,β-unsaturated/α-hetero) is 1. The Morgan fingerprint density at radius 3 is 2.78 bits per heavy atom. The predicted octanol–water partition coefficient (Wildman–Crippen LogP) is 3.12. The summed E-state index contributed by atoms with van der Waals surface area (Å²) in [6.45, 7) is 1.31. The van der Waals surface area contributed by atoms with E-state index in [0.29, 0.717) is 12.1 Å². The molecule has 120 valence electrons. The van der Waals surface area contributed by atoms with Crippen LogP contribution in [0, 0.1) is 11.7 Å². The minimum atomic E-state index is -0.522. The molecule has 0 N–H and O–H groups in total. The highest BCUT2D eigenvalue weighted by atomic mass is 32.2. The third-order valence-electron chi connectivity index (χ3n) is 4.85. The van der Waals surface area contributed by atoms with Gasteiger partial charge in [-0.05, 0) is 37.0 Å². The van der Waals surface area contributed by atoms with Crippen LogP contribution in [0.25, 0.3) is 0 Å². The topological polar surface area (TPSA) is 37.4 Å². The highest BCUT2D eigenvalue weighted by Crippen LogP contribution is 2.41. The van der Waals surface area contributed by atoms with Crippen molar-refractivity contribution in [3.05, 3.63) is 47.3 Å². The number of ketones is 1. The van der Waals surface area contributed by atoms with Gasteiger partial charge in [0.25, 0.3) is 0 Å². The molecule has 0 radical (unpaired) electrons. The summed E-state index contributed by atoms with van der Waals surface area (Å²) in [5.41, 5.74) is 1.55. The summed E-state index contributed by atoms with van der Waals surface area (Å²) in [5, 5.41) is 0.346. The molecule has 1 aromatic carbocycles. The first kappa shape index (κ1) is 15.1. The van der Waals surface area contributed by atoms with Crippen LogP contribution in [0.4, 0.5) is 4.39 Å². The van der Waals surface area contributed by atoms with Gasteiger partial charge in [0, 0.05) is 29.8 Å². The average Bonchev–Trinajstić information content (AvgIpc) is 3.31. The fourth-order valence-corrected chi connectivity index (χ4v) is 4.54. The molecule has 1 aliphatic carbocycles. The largest absolute Gasteiger partial charge is 0.297 e. The molecule has 2 heterocycles. The monoisotopic (exact) mass is 331 g/mol. The molecule has 1 saturated carbocycles. The van der Waals surface area contributed by atoms with Crippen molar-refractivity contribution >= 4 is 22.7 Å². The summed E-state index contributed by atoms with van der Waals surface area (Å²) in [7, 11) is 0. The Bertz CT molecular complexity index is 698. The lowest BCUT2D eigenvalue weighted by Crippen LogP contribution is -2.42. The van der Waals surface area contributed by atoms with Gasteiger partial charge in [-0.2, -0.15) is 0 Å². The van der Waals surface area contributed by atoms with Gasteiger partial charge in [0.15, 0.2) is 5.78 Å². The number of piperidine rings is 1. The van der Waals surface area contributed by atoms with E-state index in [1.807, 2.05) is 0 Å². The van der Waals surface area contributed by atoms with Crippen LogP contribution in [0.5, 0.6) is 0 Å². The molecule has 3 nitrogen and oxygen atoms in total. The summed E-state index contributed by atoms with van der Waals surface area (Å²) >= 11 is 1.37. The second-order valence-electron chi connectivity index (χ2n) is 6.50. The SMILES string of the molecule is O=C1C=C2CN([C@H](C(=O)C3CC3)c3ccccc3F)CC[C@H]2S1. The van der Waals surface area contributed by atoms with Crippen LogP contribution in [-0.4, -0.2) is 34.1 Å². The molecule has 0 bridgehead atoms. The predicted molar refractivity (Wildman–Crippen MR) is 87.5 cm³/mol. The minimum Gasteiger partial charge on any atom is -0.297 e. The number of rotatable bonds is 4. The lowest BCUT2D eigenvalue weighted by Gasteiger charge is -2.37. The molecule has 5 heteroatoms. The van der Waals surface area contributed by atoms with E-state index in [2.05, 4.69) is 4.90 Å². The van der Waals surface area contributed by atoms with Crippen LogP contribution < -0.4 is 0 Å². The molecule has 1 aromatic rings. The third-order valence-corrected chi connectivity index (χ3v) is 6.03. The Balaban J connectivity index is 1.66. The molecule has 3 aliphatic rings. The molecule has 0 aromatic heterocycles. The zero-order valence-electron chi connectivity index (χ0n) is 12.7. The molecule has 2 fully saturated rings. The third kappa shape index (κ3) is 2.88. The van der Waals surface area contributed by atoms with E-state index < -0.39 is 6.04 Å². The van der Waals surface area contributed by atoms with Crippen LogP contribution in [-0.2, 0) is 9.59 Å². The van der Waals surface area contributed by atoms with Gasteiger partial charge in [-0.1, -0.05) is 30.0 Å². The van der Waals surface area contributed by atoms with Gasteiger partial charge in [0.1, 0.15) is 5.82 Å². The summed E-state index contributed by atoms with van der Waals surface area (Å²) in [5.74, 6) is -0.114. The summed E-state index contributed by atoms with van der Waals surface area (Å²) < 4.78 is 14.3. The number of thioether (sulfide) groups is 1. The van der Waals surface area contributed by atoms with E-state index in [1.54, 1.807) is 24.3 Å².